The van der Waals surface area contributed by atoms with Gasteiger partial charge in [0.15, 0.2) is 0 Å². The molecule has 30 heavy (non-hydrogen) atoms. The van der Waals surface area contributed by atoms with Crippen molar-refractivity contribution < 1.29 is 28.6 Å². The highest BCUT2D eigenvalue weighted by atomic mass is 32.7. The Kier molecular flexibility index (Phi) is 20.6. The van der Waals surface area contributed by atoms with E-state index >= 15 is 0 Å². The zero-order valence-electron chi connectivity index (χ0n) is 18.9. The number of hydrogen-bond donors (Lipinski definition) is 1. The summed E-state index contributed by atoms with van der Waals surface area (Å²) in [5, 5.41) is 0. The third-order valence-electron chi connectivity index (χ3n) is 4.83. The SMILES string of the molecule is CCCCCCCC/C=C\CCCCCCCC(=O)OCC(CO[P+]([O-])(O)[S-])OC. The molecule has 0 radical (unpaired) electrons. The van der Waals surface area contributed by atoms with E-state index in [0.717, 1.165) is 25.7 Å². The number of carbonyl (C=O) groups is 1. The first kappa shape index (κ1) is 29.8. The van der Waals surface area contributed by atoms with E-state index in [2.05, 4.69) is 35.8 Å². The Balaban J connectivity index is 3.46. The van der Waals surface area contributed by atoms with Crippen molar-refractivity contribution in [2.24, 2.45) is 0 Å². The third-order valence-corrected chi connectivity index (χ3v) is 5.62. The highest BCUT2D eigenvalue weighted by Gasteiger charge is 2.16. The maximum atomic E-state index is 11.7. The molecule has 0 aliphatic heterocycles. The molecule has 2 atom stereocenters. The predicted octanol–water partition coefficient (Wildman–Crippen LogP) is 5.18. The molecule has 0 fully saturated rings. The molecule has 0 aliphatic rings. The van der Waals surface area contributed by atoms with E-state index in [0.29, 0.717) is 6.42 Å². The maximum absolute atomic E-state index is 11.7. The third kappa shape index (κ3) is 22.5. The van der Waals surface area contributed by atoms with Gasteiger partial charge in [0, 0.05) is 13.5 Å². The number of hydrogen-bond acceptors (Lipinski definition) is 7. The van der Waals surface area contributed by atoms with E-state index in [-0.39, 0.29) is 19.2 Å². The molecular weight excluding hydrogens is 423 g/mol. The van der Waals surface area contributed by atoms with Crippen LogP contribution in [0.4, 0.5) is 0 Å². The lowest BCUT2D eigenvalue weighted by atomic mass is 10.1. The standard InChI is InChI=1S/C22H43O6PS/c1-3-4-5-6-7-8-9-10-11-12-13-14-15-16-17-18-22(23)27-19-21(26-2)20-28-29(24,25)30/h10-11,21H,3-9,12-20H2,1-2H3,(H2,24,25,30)/p-1/b11-10-. The summed E-state index contributed by atoms with van der Waals surface area (Å²) in [6.45, 7) is 2.04. The van der Waals surface area contributed by atoms with Gasteiger partial charge in [-0.15, -0.1) is 0 Å². The average Bonchev–Trinajstić information content (AvgIpc) is 2.70. The highest BCUT2D eigenvalue weighted by molar-refractivity contribution is 8.34. The Labute approximate surface area is 189 Å². The summed E-state index contributed by atoms with van der Waals surface area (Å²) in [7, 11) is -2.55. The van der Waals surface area contributed by atoms with E-state index in [1.54, 1.807) is 0 Å². The van der Waals surface area contributed by atoms with Gasteiger partial charge in [0.05, 0.1) is 0 Å². The van der Waals surface area contributed by atoms with Gasteiger partial charge in [0.25, 0.3) is 0 Å². The molecule has 178 valence electrons. The van der Waals surface area contributed by atoms with E-state index in [9.17, 15) is 9.69 Å². The van der Waals surface area contributed by atoms with Crippen LogP contribution < -0.4 is 4.89 Å². The Morgan fingerprint density at radius 3 is 2.03 bits per heavy atom. The maximum Gasteiger partial charge on any atom is 0.305 e. The van der Waals surface area contributed by atoms with Crippen molar-refractivity contribution in [3.05, 3.63) is 12.2 Å². The van der Waals surface area contributed by atoms with Gasteiger partial charge in [-0.05, 0) is 32.1 Å². The number of methoxy groups -OCH3 is 1. The van der Waals surface area contributed by atoms with Crippen LogP contribution in [0.3, 0.4) is 0 Å². The van der Waals surface area contributed by atoms with Gasteiger partial charge in [0.1, 0.15) is 26.5 Å². The van der Waals surface area contributed by atoms with Gasteiger partial charge < -0.3 is 26.6 Å². The lowest BCUT2D eigenvalue weighted by Crippen LogP contribution is -2.27. The zero-order valence-corrected chi connectivity index (χ0v) is 20.6. The number of allylic oxidation sites excluding steroid dienone is 2. The quantitative estimate of drug-likeness (QED) is 0.0822. The fourth-order valence-electron chi connectivity index (χ4n) is 2.96. The lowest BCUT2D eigenvalue weighted by molar-refractivity contribution is -0.206. The van der Waals surface area contributed by atoms with Crippen LogP contribution in [0.15, 0.2) is 12.2 Å². The Hall–Kier alpha value is -0.170. The van der Waals surface area contributed by atoms with Crippen LogP contribution in [-0.4, -0.2) is 37.3 Å². The minimum atomic E-state index is -3.97. The monoisotopic (exact) mass is 465 g/mol. The summed E-state index contributed by atoms with van der Waals surface area (Å²) in [4.78, 5) is 31.6. The fraction of sp³-hybridized carbons (Fsp3) is 0.864. The van der Waals surface area contributed by atoms with Crippen molar-refractivity contribution >= 4 is 25.4 Å². The van der Waals surface area contributed by atoms with Crippen LogP contribution in [0.1, 0.15) is 96.8 Å². The molecule has 0 aromatic carbocycles. The average molecular weight is 466 g/mol. The molecule has 8 heteroatoms. The molecule has 0 heterocycles. The number of carbonyl (C=O) groups excluding carboxylic acids is 1. The van der Waals surface area contributed by atoms with Crippen LogP contribution in [0, 0.1) is 0 Å². The fourth-order valence-corrected chi connectivity index (χ4v) is 3.50. The molecule has 6 nitrogen and oxygen atoms in total. The summed E-state index contributed by atoms with van der Waals surface area (Å²) >= 11 is 4.26. The number of unbranched alkanes of at least 4 members (excludes halogenated alkanes) is 11. The molecule has 0 aliphatic carbocycles. The number of rotatable bonds is 21. The number of ether oxygens (including phenoxy) is 2. The minimum Gasteiger partial charge on any atom is -0.649 e. The van der Waals surface area contributed by atoms with Crippen LogP contribution in [0.5, 0.6) is 0 Å². The van der Waals surface area contributed by atoms with Crippen molar-refractivity contribution in [2.45, 2.75) is 103 Å². The molecule has 0 bridgehead atoms. The highest BCUT2D eigenvalue weighted by Crippen LogP contribution is 2.42. The van der Waals surface area contributed by atoms with Gasteiger partial charge in [-0.2, -0.15) is 0 Å². The van der Waals surface area contributed by atoms with Crippen molar-refractivity contribution in [3.8, 4) is 0 Å². The van der Waals surface area contributed by atoms with Gasteiger partial charge in [-0.3, -0.25) is 4.79 Å². The van der Waals surface area contributed by atoms with Crippen molar-refractivity contribution in [1.82, 2.24) is 0 Å². The van der Waals surface area contributed by atoms with Crippen molar-refractivity contribution in [2.75, 3.05) is 20.3 Å². The molecule has 0 saturated heterocycles. The van der Waals surface area contributed by atoms with Crippen LogP contribution in [-0.2, 0) is 31.0 Å². The second kappa shape index (κ2) is 20.7. The van der Waals surface area contributed by atoms with Crippen LogP contribution in [0.25, 0.3) is 0 Å². The Bertz CT molecular complexity index is 428. The summed E-state index contributed by atoms with van der Waals surface area (Å²) in [6.07, 6.45) is 20.2. The normalized spacial score (nSPS) is 14.7. The molecule has 0 rings (SSSR count). The molecule has 0 saturated carbocycles. The van der Waals surface area contributed by atoms with Gasteiger partial charge in [0.2, 0.25) is 0 Å². The molecule has 0 aromatic heterocycles. The van der Waals surface area contributed by atoms with Gasteiger partial charge in [-0.25, -0.2) is 9.42 Å². The van der Waals surface area contributed by atoms with Crippen LogP contribution in [0.2, 0.25) is 0 Å². The summed E-state index contributed by atoms with van der Waals surface area (Å²) in [6, 6.07) is 0. The lowest BCUT2D eigenvalue weighted by Gasteiger charge is -2.28. The topological polar surface area (TPSA) is 88.1 Å². The first-order valence-electron chi connectivity index (χ1n) is 11.4. The first-order valence-corrected chi connectivity index (χ1v) is 14.0. The summed E-state index contributed by atoms with van der Waals surface area (Å²) in [5.74, 6) is -0.291. The van der Waals surface area contributed by atoms with E-state index in [1.165, 1.54) is 64.9 Å². The minimum absolute atomic E-state index is 0.0181. The molecule has 1 N–H and O–H groups in total. The zero-order chi connectivity index (χ0) is 22.5. The van der Waals surface area contributed by atoms with Crippen molar-refractivity contribution in [1.29, 1.82) is 0 Å². The summed E-state index contributed by atoms with van der Waals surface area (Å²) in [5.41, 5.74) is 0. The van der Waals surface area contributed by atoms with Crippen molar-refractivity contribution in [3.63, 3.8) is 0 Å². The Morgan fingerprint density at radius 1 is 0.967 bits per heavy atom. The molecule has 0 amide bonds. The van der Waals surface area contributed by atoms with Gasteiger partial charge in [-0.1, -0.05) is 70.4 Å². The Morgan fingerprint density at radius 2 is 1.50 bits per heavy atom. The summed E-state index contributed by atoms with van der Waals surface area (Å²) < 4.78 is 14.8. The predicted molar refractivity (Wildman–Crippen MR) is 124 cm³/mol. The van der Waals surface area contributed by atoms with Crippen LogP contribution >= 0.6 is 7.15 Å². The second-order valence-electron chi connectivity index (χ2n) is 7.64. The largest absolute Gasteiger partial charge is 0.649 e. The van der Waals surface area contributed by atoms with E-state index in [4.69, 9.17) is 14.4 Å². The molecular formula is C22H42O6PS-. The molecule has 0 aromatic rings. The van der Waals surface area contributed by atoms with E-state index in [1.807, 2.05) is 0 Å². The molecule has 0 spiro atoms. The number of esters is 1. The smallest absolute Gasteiger partial charge is 0.305 e. The van der Waals surface area contributed by atoms with E-state index < -0.39 is 13.2 Å². The second-order valence-corrected chi connectivity index (χ2v) is 10.2. The first-order chi connectivity index (χ1) is 14.4. The van der Waals surface area contributed by atoms with Gasteiger partial charge >= 0.3 is 5.97 Å². The molecule has 2 unspecified atom stereocenters.